The Hall–Kier alpha value is -3.07. The number of aliphatic imine (C=N–C) groups is 1. The van der Waals surface area contributed by atoms with E-state index in [2.05, 4.69) is 22.0 Å². The Bertz CT molecular complexity index is 1520. The van der Waals surface area contributed by atoms with Gasteiger partial charge in [0.1, 0.15) is 4.91 Å². The second-order valence-corrected chi connectivity index (χ2v) is 11.4. The number of carbonyl (C=O) groups excluding carboxylic acids is 1. The lowest BCUT2D eigenvalue weighted by molar-refractivity contribution is -0.113. The number of hydrogen-bond donors (Lipinski definition) is 0. The molecule has 0 saturated carbocycles. The Morgan fingerprint density at radius 2 is 1.74 bits per heavy atom. The highest BCUT2D eigenvalue weighted by Crippen LogP contribution is 2.50. The van der Waals surface area contributed by atoms with E-state index in [4.69, 9.17) is 4.99 Å². The van der Waals surface area contributed by atoms with Crippen LogP contribution >= 0.6 is 34.9 Å². The molecule has 1 amide bonds. The summed E-state index contributed by atoms with van der Waals surface area (Å²) in [5.41, 5.74) is 4.86. The number of hydrogen-bond acceptors (Lipinski definition) is 7. The van der Waals surface area contributed by atoms with Crippen LogP contribution in [0.15, 0.2) is 86.6 Å². The monoisotopic (exact) mass is 500 g/mol. The van der Waals surface area contributed by atoms with Gasteiger partial charge in [-0.15, -0.1) is 11.3 Å². The number of aromatic nitrogens is 1. The molecule has 0 radical (unpaired) electrons. The summed E-state index contributed by atoms with van der Waals surface area (Å²) in [5.74, 6) is -0.0514. The highest BCUT2D eigenvalue weighted by molar-refractivity contribution is 8.20. The fraction of sp³-hybridized carbons (Fsp3) is 0.115. The van der Waals surface area contributed by atoms with Crippen LogP contribution in [-0.2, 0) is 4.79 Å². The molecule has 3 heterocycles. The van der Waals surface area contributed by atoms with Gasteiger partial charge in [0.15, 0.2) is 5.17 Å². The van der Waals surface area contributed by atoms with Crippen molar-refractivity contribution in [1.82, 2.24) is 4.98 Å². The number of nitrogens with zero attached hydrogens (tertiary/aromatic N) is 4. The molecule has 1 fully saturated rings. The summed E-state index contributed by atoms with van der Waals surface area (Å²) in [4.78, 5) is 29.0. The predicted octanol–water partition coefficient (Wildman–Crippen LogP) is 7.09. The second kappa shape index (κ2) is 8.30. The smallest absolute Gasteiger partial charge is 0.274 e. The van der Waals surface area contributed by atoms with Gasteiger partial charge in [0.05, 0.1) is 37.3 Å². The molecule has 0 N–H and O–H groups in total. The number of anilines is 2. The number of amides is 1. The minimum Gasteiger partial charge on any atom is -0.337 e. The van der Waals surface area contributed by atoms with Gasteiger partial charge in [-0.3, -0.25) is 9.69 Å². The number of para-hydroxylation sites is 1. The van der Waals surface area contributed by atoms with Crippen LogP contribution in [0, 0.1) is 13.8 Å². The van der Waals surface area contributed by atoms with E-state index >= 15 is 0 Å². The van der Waals surface area contributed by atoms with Gasteiger partial charge in [0.2, 0.25) is 0 Å². The number of amidine groups is 1. The first-order valence-corrected chi connectivity index (χ1v) is 13.2. The Balaban J connectivity index is 1.46. The van der Waals surface area contributed by atoms with Gasteiger partial charge in [-0.2, -0.15) is 0 Å². The second-order valence-electron chi connectivity index (χ2n) is 8.12. The van der Waals surface area contributed by atoms with Crippen molar-refractivity contribution in [3.05, 3.63) is 87.2 Å². The Morgan fingerprint density at radius 1 is 0.941 bits per heavy atom. The Labute approximate surface area is 210 Å². The van der Waals surface area contributed by atoms with Gasteiger partial charge in [0, 0.05) is 11.9 Å². The van der Waals surface area contributed by atoms with E-state index in [0.717, 1.165) is 47.8 Å². The maximum atomic E-state index is 13.8. The zero-order chi connectivity index (χ0) is 23.4. The first kappa shape index (κ1) is 21.5. The van der Waals surface area contributed by atoms with E-state index < -0.39 is 0 Å². The Morgan fingerprint density at radius 3 is 2.53 bits per heavy atom. The van der Waals surface area contributed by atoms with Crippen molar-refractivity contribution in [3.63, 3.8) is 0 Å². The lowest BCUT2D eigenvalue weighted by atomic mass is 10.2. The molecule has 0 atom stereocenters. The van der Waals surface area contributed by atoms with Crippen molar-refractivity contribution in [2.45, 2.75) is 18.7 Å². The number of fused-ring (bicyclic) bond motifs is 2. The van der Waals surface area contributed by atoms with Crippen molar-refractivity contribution in [3.8, 4) is 0 Å². The fourth-order valence-electron chi connectivity index (χ4n) is 4.01. The zero-order valence-corrected chi connectivity index (χ0v) is 21.2. The average Bonchev–Trinajstić information content (AvgIpc) is 3.47. The average molecular weight is 501 g/mol. The molecular formula is C26H20N4OS3. The summed E-state index contributed by atoms with van der Waals surface area (Å²) in [6.45, 7) is 4.05. The van der Waals surface area contributed by atoms with Gasteiger partial charge in [0.25, 0.3) is 5.91 Å². The highest BCUT2D eigenvalue weighted by Gasteiger charge is 2.40. The van der Waals surface area contributed by atoms with Crippen molar-refractivity contribution in [1.29, 1.82) is 0 Å². The molecule has 168 valence electrons. The molecule has 34 heavy (non-hydrogen) atoms. The van der Waals surface area contributed by atoms with Crippen LogP contribution in [0.1, 0.15) is 10.6 Å². The first-order valence-electron chi connectivity index (χ1n) is 10.8. The van der Waals surface area contributed by atoms with E-state index in [1.165, 1.54) is 11.8 Å². The molecule has 1 aromatic heterocycles. The molecule has 0 spiro atoms. The molecule has 1 saturated heterocycles. The molecule has 0 bridgehead atoms. The summed E-state index contributed by atoms with van der Waals surface area (Å²) in [7, 11) is 2.01. The van der Waals surface area contributed by atoms with Crippen LogP contribution in [0.5, 0.6) is 0 Å². The summed E-state index contributed by atoms with van der Waals surface area (Å²) in [5, 5.41) is 2.62. The van der Waals surface area contributed by atoms with E-state index in [1.807, 2.05) is 75.5 Å². The molecule has 6 rings (SSSR count). The molecule has 4 aromatic rings. The topological polar surface area (TPSA) is 48.8 Å². The fourth-order valence-corrected chi connectivity index (χ4v) is 7.21. The minimum atomic E-state index is -0.0514. The maximum absolute atomic E-state index is 13.8. The SMILES string of the molecule is Cc1ccc(N2C(=O)/C(=C3/Sc4ccccc4N3C)SC2=Nc2ccc3nc(C)sc3c2)cc1. The quantitative estimate of drug-likeness (QED) is 0.275. The molecule has 0 unspecified atom stereocenters. The molecule has 2 aliphatic heterocycles. The minimum absolute atomic E-state index is 0.0514. The number of benzene rings is 3. The number of rotatable bonds is 2. The first-order chi connectivity index (χ1) is 16.5. The van der Waals surface area contributed by atoms with Gasteiger partial charge >= 0.3 is 0 Å². The van der Waals surface area contributed by atoms with Crippen molar-refractivity contribution >= 4 is 73.2 Å². The summed E-state index contributed by atoms with van der Waals surface area (Å²) >= 11 is 4.72. The predicted molar refractivity (Wildman–Crippen MR) is 145 cm³/mol. The van der Waals surface area contributed by atoms with Crippen LogP contribution in [-0.4, -0.2) is 23.1 Å². The third-order valence-electron chi connectivity index (χ3n) is 5.71. The molecule has 3 aromatic carbocycles. The number of thioether (sulfide) groups is 2. The van der Waals surface area contributed by atoms with Crippen LogP contribution in [0.25, 0.3) is 10.2 Å². The van der Waals surface area contributed by atoms with Crippen molar-refractivity contribution in [2.75, 3.05) is 16.8 Å². The number of thiazole rings is 1. The van der Waals surface area contributed by atoms with Crippen molar-refractivity contribution in [2.24, 2.45) is 4.99 Å². The van der Waals surface area contributed by atoms with Gasteiger partial charge in [-0.05, 0) is 68.1 Å². The molecule has 8 heteroatoms. The summed E-state index contributed by atoms with van der Waals surface area (Å²) in [6, 6.07) is 22.2. The highest BCUT2D eigenvalue weighted by atomic mass is 32.2. The van der Waals surface area contributed by atoms with E-state index in [-0.39, 0.29) is 5.91 Å². The lowest BCUT2D eigenvalue weighted by Gasteiger charge is -2.17. The van der Waals surface area contributed by atoms with Gasteiger partial charge in [-0.25, -0.2) is 9.98 Å². The Kier molecular flexibility index (Phi) is 5.24. The summed E-state index contributed by atoms with van der Waals surface area (Å²) < 4.78 is 1.09. The third kappa shape index (κ3) is 3.62. The van der Waals surface area contributed by atoms with Gasteiger partial charge < -0.3 is 4.90 Å². The molecule has 5 nitrogen and oxygen atoms in total. The van der Waals surface area contributed by atoms with E-state index in [9.17, 15) is 4.79 Å². The van der Waals surface area contributed by atoms with Crippen LogP contribution < -0.4 is 9.80 Å². The molecule has 0 aliphatic carbocycles. The molecular weight excluding hydrogens is 481 g/mol. The number of aryl methyl sites for hydroxylation is 2. The third-order valence-corrected chi connectivity index (χ3v) is 9.04. The number of carbonyl (C=O) groups is 1. The van der Waals surface area contributed by atoms with Crippen molar-refractivity contribution < 1.29 is 4.79 Å². The van der Waals surface area contributed by atoms with Crippen LogP contribution in [0.2, 0.25) is 0 Å². The normalized spacial score (nSPS) is 19.0. The largest absolute Gasteiger partial charge is 0.337 e. The van der Waals surface area contributed by atoms with E-state index in [0.29, 0.717) is 10.1 Å². The van der Waals surface area contributed by atoms with Crippen LogP contribution in [0.3, 0.4) is 0 Å². The lowest BCUT2D eigenvalue weighted by Crippen LogP contribution is -2.29. The zero-order valence-electron chi connectivity index (χ0n) is 18.8. The standard InChI is InChI=1S/C26H20N4OS3/c1-15-8-11-18(12-9-15)30-24(31)23(25-29(3)20-6-4-5-7-21(20)33-25)34-26(30)28-17-10-13-19-22(14-17)32-16(2)27-19/h4-14H,1-3H3/b25-23-,28-26?. The van der Waals surface area contributed by atoms with E-state index in [1.54, 1.807) is 28.0 Å². The molecule has 2 aliphatic rings. The van der Waals surface area contributed by atoms with Crippen LogP contribution in [0.4, 0.5) is 17.1 Å². The summed E-state index contributed by atoms with van der Waals surface area (Å²) in [6.07, 6.45) is 0. The maximum Gasteiger partial charge on any atom is 0.274 e. The van der Waals surface area contributed by atoms with Gasteiger partial charge in [-0.1, -0.05) is 41.6 Å².